The molecule has 0 spiro atoms. The largest absolute Gasteiger partial charge is 0.314 e. The zero-order valence-electron chi connectivity index (χ0n) is 8.84. The molecule has 0 aliphatic heterocycles. The molecule has 2 N–H and O–H groups in total. The van der Waals surface area contributed by atoms with Crippen molar-refractivity contribution in [2.75, 3.05) is 5.75 Å². The van der Waals surface area contributed by atoms with Crippen molar-refractivity contribution in [1.82, 2.24) is 0 Å². The van der Waals surface area contributed by atoms with Crippen LogP contribution in [0.3, 0.4) is 0 Å². The van der Waals surface area contributed by atoms with Gasteiger partial charge in [0.15, 0.2) is 0 Å². The van der Waals surface area contributed by atoms with Gasteiger partial charge in [-0.2, -0.15) is 5.26 Å². The molecular formula is C11H12Cl2N2S. The average Bonchev–Trinajstić information content (AvgIpc) is 2.23. The first-order chi connectivity index (χ1) is 7.44. The second-order valence-electron chi connectivity index (χ2n) is 3.70. The lowest BCUT2D eigenvalue weighted by Crippen LogP contribution is -2.34. The summed E-state index contributed by atoms with van der Waals surface area (Å²) < 4.78 is 0. The van der Waals surface area contributed by atoms with Crippen molar-refractivity contribution in [3.05, 3.63) is 28.2 Å². The van der Waals surface area contributed by atoms with Gasteiger partial charge >= 0.3 is 0 Å². The van der Waals surface area contributed by atoms with E-state index in [0.29, 0.717) is 16.5 Å². The summed E-state index contributed by atoms with van der Waals surface area (Å²) in [6.07, 6.45) is 0.608. The minimum absolute atomic E-state index is 0.608. The van der Waals surface area contributed by atoms with Crippen LogP contribution in [0.15, 0.2) is 23.1 Å². The summed E-state index contributed by atoms with van der Waals surface area (Å²) in [4.78, 5) is 0.919. The summed E-state index contributed by atoms with van der Waals surface area (Å²) in [5.74, 6) is 0.737. The van der Waals surface area contributed by atoms with Gasteiger partial charge in [0.2, 0.25) is 0 Å². The number of hydrogen-bond donors (Lipinski definition) is 1. The maximum atomic E-state index is 8.76. The van der Waals surface area contributed by atoms with Crippen molar-refractivity contribution in [2.45, 2.75) is 23.8 Å². The third kappa shape index (κ3) is 4.23. The molecule has 1 aromatic carbocycles. The highest BCUT2D eigenvalue weighted by Crippen LogP contribution is 2.30. The molecular weight excluding hydrogens is 263 g/mol. The SMILES string of the molecule is CC(N)(C#N)CCSc1cc(Cl)ccc1Cl. The third-order valence-electron chi connectivity index (χ3n) is 2.03. The molecule has 0 heterocycles. The van der Waals surface area contributed by atoms with Crippen LogP contribution >= 0.6 is 35.0 Å². The second kappa shape index (κ2) is 5.79. The number of hydrogen-bond acceptors (Lipinski definition) is 3. The molecule has 0 amide bonds. The average molecular weight is 275 g/mol. The fraction of sp³-hybridized carbons (Fsp3) is 0.364. The van der Waals surface area contributed by atoms with E-state index >= 15 is 0 Å². The Morgan fingerprint density at radius 3 is 2.81 bits per heavy atom. The molecule has 5 heteroatoms. The Labute approximate surface area is 110 Å². The number of rotatable bonds is 4. The van der Waals surface area contributed by atoms with Gasteiger partial charge in [-0.1, -0.05) is 23.2 Å². The Bertz CT molecular complexity index is 413. The minimum atomic E-state index is -0.780. The molecule has 86 valence electrons. The van der Waals surface area contributed by atoms with Gasteiger partial charge in [0, 0.05) is 15.7 Å². The highest BCUT2D eigenvalue weighted by Gasteiger charge is 2.16. The van der Waals surface area contributed by atoms with Gasteiger partial charge in [-0.15, -0.1) is 11.8 Å². The smallest absolute Gasteiger partial charge is 0.102 e. The molecule has 0 saturated heterocycles. The number of nitriles is 1. The van der Waals surface area contributed by atoms with Crippen LogP contribution in [0.2, 0.25) is 10.0 Å². The first kappa shape index (κ1) is 13.7. The molecule has 0 bridgehead atoms. The van der Waals surface area contributed by atoms with E-state index in [2.05, 4.69) is 6.07 Å². The maximum Gasteiger partial charge on any atom is 0.102 e. The van der Waals surface area contributed by atoms with Gasteiger partial charge in [-0.3, -0.25) is 0 Å². The summed E-state index contributed by atoms with van der Waals surface area (Å²) in [5.41, 5.74) is 4.93. The zero-order chi connectivity index (χ0) is 12.2. The quantitative estimate of drug-likeness (QED) is 0.852. The maximum absolute atomic E-state index is 8.76. The number of benzene rings is 1. The van der Waals surface area contributed by atoms with Crippen molar-refractivity contribution in [2.24, 2.45) is 5.73 Å². The van der Waals surface area contributed by atoms with E-state index in [0.717, 1.165) is 10.6 Å². The van der Waals surface area contributed by atoms with Gasteiger partial charge in [0.05, 0.1) is 11.1 Å². The molecule has 16 heavy (non-hydrogen) atoms. The van der Waals surface area contributed by atoms with Crippen LogP contribution in [0.4, 0.5) is 0 Å². The lowest BCUT2D eigenvalue weighted by Gasteiger charge is -2.14. The molecule has 0 aliphatic carbocycles. The van der Waals surface area contributed by atoms with Crippen LogP contribution in [-0.4, -0.2) is 11.3 Å². The monoisotopic (exact) mass is 274 g/mol. The van der Waals surface area contributed by atoms with Crippen LogP contribution in [-0.2, 0) is 0 Å². The first-order valence-electron chi connectivity index (χ1n) is 4.72. The van der Waals surface area contributed by atoms with E-state index < -0.39 is 5.54 Å². The molecule has 0 fully saturated rings. The van der Waals surface area contributed by atoms with Crippen LogP contribution < -0.4 is 5.73 Å². The van der Waals surface area contributed by atoms with Crippen molar-refractivity contribution >= 4 is 35.0 Å². The minimum Gasteiger partial charge on any atom is -0.314 e. The normalized spacial score (nSPS) is 14.2. The Kier molecular flexibility index (Phi) is 4.94. The van der Waals surface area contributed by atoms with Crippen molar-refractivity contribution in [1.29, 1.82) is 5.26 Å². The Morgan fingerprint density at radius 1 is 1.50 bits per heavy atom. The van der Waals surface area contributed by atoms with E-state index in [-0.39, 0.29) is 0 Å². The lowest BCUT2D eigenvalue weighted by atomic mass is 10.0. The Hall–Kier alpha value is -0.400. The summed E-state index contributed by atoms with van der Waals surface area (Å²) in [7, 11) is 0. The number of thioether (sulfide) groups is 1. The molecule has 0 aliphatic rings. The summed E-state index contributed by atoms with van der Waals surface area (Å²) in [6.45, 7) is 1.72. The van der Waals surface area contributed by atoms with Crippen molar-refractivity contribution in [3.63, 3.8) is 0 Å². The van der Waals surface area contributed by atoms with Crippen LogP contribution in [0.5, 0.6) is 0 Å². The number of halogens is 2. The molecule has 1 aromatic rings. The van der Waals surface area contributed by atoms with Gasteiger partial charge in [-0.25, -0.2) is 0 Å². The summed E-state index contributed by atoms with van der Waals surface area (Å²) in [6, 6.07) is 7.38. The molecule has 1 atom stereocenters. The van der Waals surface area contributed by atoms with Crippen molar-refractivity contribution in [3.8, 4) is 6.07 Å². The topological polar surface area (TPSA) is 49.8 Å². The van der Waals surface area contributed by atoms with Crippen LogP contribution in [0, 0.1) is 11.3 Å². The lowest BCUT2D eigenvalue weighted by molar-refractivity contribution is 0.583. The number of nitrogens with zero attached hydrogens (tertiary/aromatic N) is 1. The molecule has 0 aromatic heterocycles. The van der Waals surface area contributed by atoms with Gasteiger partial charge in [-0.05, 0) is 31.5 Å². The predicted octanol–water partition coefficient (Wildman–Crippen LogP) is 3.72. The van der Waals surface area contributed by atoms with Crippen LogP contribution in [0.25, 0.3) is 0 Å². The molecule has 0 radical (unpaired) electrons. The van der Waals surface area contributed by atoms with E-state index in [1.165, 1.54) is 0 Å². The predicted molar refractivity (Wildman–Crippen MR) is 70.0 cm³/mol. The number of nitrogens with two attached hydrogens (primary N) is 1. The molecule has 0 saturated carbocycles. The fourth-order valence-electron chi connectivity index (χ4n) is 1.02. The highest BCUT2D eigenvalue weighted by atomic mass is 35.5. The third-order valence-corrected chi connectivity index (χ3v) is 3.76. The summed E-state index contributed by atoms with van der Waals surface area (Å²) in [5, 5.41) is 10.1. The zero-order valence-corrected chi connectivity index (χ0v) is 11.2. The van der Waals surface area contributed by atoms with Gasteiger partial charge < -0.3 is 5.73 Å². The van der Waals surface area contributed by atoms with E-state index in [1.54, 1.807) is 30.8 Å². The van der Waals surface area contributed by atoms with E-state index in [1.807, 2.05) is 6.07 Å². The van der Waals surface area contributed by atoms with Crippen LogP contribution in [0.1, 0.15) is 13.3 Å². The molecule has 1 rings (SSSR count). The van der Waals surface area contributed by atoms with Gasteiger partial charge in [0.1, 0.15) is 5.54 Å². The fourth-order valence-corrected chi connectivity index (χ4v) is 2.70. The highest BCUT2D eigenvalue weighted by molar-refractivity contribution is 7.99. The standard InChI is InChI=1S/C11H12Cl2N2S/c1-11(15,7-14)4-5-16-10-6-8(12)2-3-9(10)13/h2-3,6H,4-5,15H2,1H3. The molecule has 1 unspecified atom stereocenters. The Morgan fingerprint density at radius 2 is 2.19 bits per heavy atom. The van der Waals surface area contributed by atoms with Gasteiger partial charge in [0.25, 0.3) is 0 Å². The van der Waals surface area contributed by atoms with E-state index in [4.69, 9.17) is 34.2 Å². The van der Waals surface area contributed by atoms with E-state index in [9.17, 15) is 0 Å². The Balaban J connectivity index is 2.56. The first-order valence-corrected chi connectivity index (χ1v) is 6.47. The van der Waals surface area contributed by atoms with Crippen molar-refractivity contribution < 1.29 is 0 Å². The second-order valence-corrected chi connectivity index (χ2v) is 5.68. The summed E-state index contributed by atoms with van der Waals surface area (Å²) >= 11 is 13.4. The molecule has 2 nitrogen and oxygen atoms in total.